The molecule has 18 heavy (non-hydrogen) atoms. The molecule has 0 bridgehead atoms. The fourth-order valence-corrected chi connectivity index (χ4v) is 3.00. The SMILES string of the molecule is CSc1ccc(OCc2cc(CN)sc2C)cc1. The minimum atomic E-state index is 0.605. The van der Waals surface area contributed by atoms with E-state index < -0.39 is 0 Å². The Kier molecular flexibility index (Phi) is 4.69. The van der Waals surface area contributed by atoms with Crippen molar-refractivity contribution in [2.75, 3.05) is 6.26 Å². The number of ether oxygens (including phenoxy) is 1. The maximum absolute atomic E-state index is 5.79. The second kappa shape index (κ2) is 6.27. The Labute approximate surface area is 116 Å². The molecule has 96 valence electrons. The number of hydrogen-bond acceptors (Lipinski definition) is 4. The van der Waals surface area contributed by atoms with Gasteiger partial charge in [-0.15, -0.1) is 23.1 Å². The summed E-state index contributed by atoms with van der Waals surface area (Å²) in [5, 5.41) is 0. The van der Waals surface area contributed by atoms with Crippen LogP contribution in [0.5, 0.6) is 5.75 Å². The highest BCUT2D eigenvalue weighted by molar-refractivity contribution is 7.98. The highest BCUT2D eigenvalue weighted by Crippen LogP contribution is 2.24. The van der Waals surface area contributed by atoms with Crippen molar-refractivity contribution < 1.29 is 4.74 Å². The second-order valence-electron chi connectivity index (χ2n) is 3.96. The van der Waals surface area contributed by atoms with E-state index in [0.717, 1.165) is 5.75 Å². The lowest BCUT2D eigenvalue weighted by Gasteiger charge is -2.06. The summed E-state index contributed by atoms with van der Waals surface area (Å²) in [6.07, 6.45) is 2.07. The molecule has 2 aromatic rings. The maximum Gasteiger partial charge on any atom is 0.119 e. The first-order chi connectivity index (χ1) is 8.72. The van der Waals surface area contributed by atoms with Crippen LogP contribution < -0.4 is 10.5 Å². The lowest BCUT2D eigenvalue weighted by atomic mass is 10.2. The van der Waals surface area contributed by atoms with E-state index >= 15 is 0 Å². The van der Waals surface area contributed by atoms with Crippen LogP contribution >= 0.6 is 23.1 Å². The van der Waals surface area contributed by atoms with Crippen molar-refractivity contribution in [2.24, 2.45) is 5.73 Å². The highest BCUT2D eigenvalue weighted by atomic mass is 32.2. The van der Waals surface area contributed by atoms with E-state index in [1.807, 2.05) is 12.1 Å². The summed E-state index contributed by atoms with van der Waals surface area (Å²) in [4.78, 5) is 3.75. The molecular weight excluding hydrogens is 262 g/mol. The van der Waals surface area contributed by atoms with Gasteiger partial charge in [-0.25, -0.2) is 0 Å². The average Bonchev–Trinajstić information content (AvgIpc) is 2.77. The Morgan fingerprint density at radius 2 is 2.00 bits per heavy atom. The summed E-state index contributed by atoms with van der Waals surface area (Å²) in [7, 11) is 0. The number of aryl methyl sites for hydroxylation is 1. The molecule has 0 unspecified atom stereocenters. The molecule has 0 aliphatic heterocycles. The molecule has 4 heteroatoms. The monoisotopic (exact) mass is 279 g/mol. The van der Waals surface area contributed by atoms with Crippen molar-refractivity contribution in [2.45, 2.75) is 25.0 Å². The van der Waals surface area contributed by atoms with Gasteiger partial charge in [-0.2, -0.15) is 0 Å². The van der Waals surface area contributed by atoms with Crippen LogP contribution in [0, 0.1) is 6.92 Å². The quantitative estimate of drug-likeness (QED) is 0.845. The van der Waals surface area contributed by atoms with Gasteiger partial charge in [0.05, 0.1) is 0 Å². The van der Waals surface area contributed by atoms with Gasteiger partial charge < -0.3 is 10.5 Å². The van der Waals surface area contributed by atoms with Crippen LogP contribution in [-0.4, -0.2) is 6.26 Å². The van der Waals surface area contributed by atoms with Gasteiger partial charge in [0.15, 0.2) is 0 Å². The molecule has 0 saturated carbocycles. The molecule has 1 aromatic carbocycles. The topological polar surface area (TPSA) is 35.2 Å². The van der Waals surface area contributed by atoms with Gasteiger partial charge in [0, 0.05) is 26.8 Å². The zero-order chi connectivity index (χ0) is 13.0. The number of hydrogen-bond donors (Lipinski definition) is 1. The summed E-state index contributed by atoms with van der Waals surface area (Å²) >= 11 is 3.48. The Morgan fingerprint density at radius 1 is 1.28 bits per heavy atom. The first kappa shape index (κ1) is 13.5. The van der Waals surface area contributed by atoms with Gasteiger partial charge in [0.1, 0.15) is 12.4 Å². The van der Waals surface area contributed by atoms with Gasteiger partial charge >= 0.3 is 0 Å². The third-order valence-electron chi connectivity index (χ3n) is 2.73. The Bertz CT molecular complexity index is 505. The standard InChI is InChI=1S/C14H17NOS2/c1-10-11(7-14(8-15)18-10)9-16-12-3-5-13(17-2)6-4-12/h3-7H,8-9,15H2,1-2H3. The van der Waals surface area contributed by atoms with Crippen LogP contribution in [0.15, 0.2) is 35.2 Å². The van der Waals surface area contributed by atoms with Crippen molar-refractivity contribution in [3.05, 3.63) is 45.6 Å². The van der Waals surface area contributed by atoms with Crippen molar-refractivity contribution >= 4 is 23.1 Å². The lowest BCUT2D eigenvalue weighted by Crippen LogP contribution is -1.96. The largest absolute Gasteiger partial charge is 0.489 e. The highest BCUT2D eigenvalue weighted by Gasteiger charge is 2.05. The number of benzene rings is 1. The number of thiophene rings is 1. The van der Waals surface area contributed by atoms with Crippen LogP contribution in [0.25, 0.3) is 0 Å². The predicted molar refractivity (Wildman–Crippen MR) is 79.5 cm³/mol. The minimum absolute atomic E-state index is 0.605. The van der Waals surface area contributed by atoms with E-state index in [2.05, 4.69) is 31.4 Å². The molecule has 0 aliphatic carbocycles. The first-order valence-electron chi connectivity index (χ1n) is 5.78. The minimum Gasteiger partial charge on any atom is -0.489 e. The molecule has 1 aromatic heterocycles. The number of rotatable bonds is 5. The Morgan fingerprint density at radius 3 is 2.56 bits per heavy atom. The summed E-state index contributed by atoms with van der Waals surface area (Å²) in [5.41, 5.74) is 6.87. The van der Waals surface area contributed by atoms with Crippen LogP contribution in [0.2, 0.25) is 0 Å². The molecule has 0 atom stereocenters. The molecule has 2 nitrogen and oxygen atoms in total. The van der Waals surface area contributed by atoms with E-state index in [0.29, 0.717) is 13.2 Å². The van der Waals surface area contributed by atoms with Crippen LogP contribution in [0.1, 0.15) is 15.3 Å². The van der Waals surface area contributed by atoms with Gasteiger partial charge in [-0.1, -0.05) is 0 Å². The molecule has 0 aliphatic rings. The predicted octanol–water partition coefficient (Wildman–Crippen LogP) is 3.82. The van der Waals surface area contributed by atoms with Crippen LogP contribution in [0.3, 0.4) is 0 Å². The Hall–Kier alpha value is -0.970. The fourth-order valence-electron chi connectivity index (χ4n) is 1.66. The van der Waals surface area contributed by atoms with Gasteiger partial charge in [-0.05, 0) is 43.5 Å². The van der Waals surface area contributed by atoms with Gasteiger partial charge in [-0.3, -0.25) is 0 Å². The van der Waals surface area contributed by atoms with E-state index in [9.17, 15) is 0 Å². The van der Waals surface area contributed by atoms with Gasteiger partial charge in [0.2, 0.25) is 0 Å². The molecule has 1 heterocycles. The molecule has 0 radical (unpaired) electrons. The lowest BCUT2D eigenvalue weighted by molar-refractivity contribution is 0.306. The molecule has 2 rings (SSSR count). The summed E-state index contributed by atoms with van der Waals surface area (Å²) in [6.45, 7) is 3.33. The van der Waals surface area contributed by atoms with E-state index in [4.69, 9.17) is 10.5 Å². The first-order valence-corrected chi connectivity index (χ1v) is 7.82. The van der Waals surface area contributed by atoms with Crippen LogP contribution in [0.4, 0.5) is 0 Å². The number of thioether (sulfide) groups is 1. The summed E-state index contributed by atoms with van der Waals surface area (Å²) in [6, 6.07) is 10.3. The third kappa shape index (κ3) is 3.28. The smallest absolute Gasteiger partial charge is 0.119 e. The Balaban J connectivity index is 1.99. The molecule has 0 spiro atoms. The van der Waals surface area contributed by atoms with Gasteiger partial charge in [0.25, 0.3) is 0 Å². The molecule has 0 saturated heterocycles. The van der Waals surface area contributed by atoms with E-state index in [-0.39, 0.29) is 0 Å². The molecule has 0 fully saturated rings. The third-order valence-corrected chi connectivity index (χ3v) is 4.59. The molecule has 0 amide bonds. The number of nitrogens with two attached hydrogens (primary N) is 1. The van der Waals surface area contributed by atoms with Crippen LogP contribution in [-0.2, 0) is 13.2 Å². The van der Waals surface area contributed by atoms with Crippen molar-refractivity contribution in [1.82, 2.24) is 0 Å². The normalized spacial score (nSPS) is 10.6. The molecule has 2 N–H and O–H groups in total. The van der Waals surface area contributed by atoms with E-state index in [1.54, 1.807) is 23.1 Å². The van der Waals surface area contributed by atoms with Crippen molar-refractivity contribution in [1.29, 1.82) is 0 Å². The zero-order valence-electron chi connectivity index (χ0n) is 10.6. The fraction of sp³-hybridized carbons (Fsp3) is 0.286. The zero-order valence-corrected chi connectivity index (χ0v) is 12.2. The van der Waals surface area contributed by atoms with E-state index in [1.165, 1.54) is 20.2 Å². The molecular formula is C14H17NOS2. The summed E-state index contributed by atoms with van der Waals surface area (Å²) < 4.78 is 5.79. The second-order valence-corrected chi connectivity index (χ2v) is 6.18. The van der Waals surface area contributed by atoms with Crippen molar-refractivity contribution in [3.8, 4) is 5.75 Å². The van der Waals surface area contributed by atoms with Crippen molar-refractivity contribution in [3.63, 3.8) is 0 Å². The average molecular weight is 279 g/mol. The maximum atomic E-state index is 5.79. The summed E-state index contributed by atoms with van der Waals surface area (Å²) in [5.74, 6) is 0.910.